The van der Waals surface area contributed by atoms with Gasteiger partial charge in [-0.25, -0.2) is 0 Å². The van der Waals surface area contributed by atoms with E-state index in [1.54, 1.807) is 20.8 Å². The number of hydrogen-bond donors (Lipinski definition) is 1. The summed E-state index contributed by atoms with van der Waals surface area (Å²) in [5.74, 6) is -1.04. The maximum absolute atomic E-state index is 10.2. The Kier molecular flexibility index (Phi) is 5.95. The second kappa shape index (κ2) is 4.99. The Labute approximate surface area is 61.3 Å². The van der Waals surface area contributed by atoms with E-state index >= 15 is 0 Å². The van der Waals surface area contributed by atoms with Gasteiger partial charge in [0.05, 0.1) is 5.97 Å². The Balaban J connectivity index is 0. The molecule has 0 saturated carbocycles. The third-order valence-corrected chi connectivity index (χ3v) is 1.20. The molecule has 3 nitrogen and oxygen atoms in total. The number of carbonyl (C=O) groups excluding carboxylic acids is 1. The molecule has 0 amide bonds. The van der Waals surface area contributed by atoms with E-state index in [1.807, 2.05) is 0 Å². The summed E-state index contributed by atoms with van der Waals surface area (Å²) in [6, 6.07) is 0. The van der Waals surface area contributed by atoms with Gasteiger partial charge in [0.1, 0.15) is 0 Å². The summed E-state index contributed by atoms with van der Waals surface area (Å²) in [4.78, 5) is 10.2. The van der Waals surface area contributed by atoms with Crippen LogP contribution in [-0.4, -0.2) is 5.97 Å². The van der Waals surface area contributed by atoms with Crippen molar-refractivity contribution in [2.75, 3.05) is 0 Å². The smallest absolute Gasteiger partial charge is 0.0674 e. The number of carbonyl (C=O) groups is 1. The van der Waals surface area contributed by atoms with Crippen LogP contribution in [0.1, 0.15) is 27.2 Å². The number of carboxylic acid groups (broad SMARTS) is 1. The first-order valence-electron chi connectivity index (χ1n) is 2.97. The van der Waals surface area contributed by atoms with Crippen LogP contribution in [0.4, 0.5) is 0 Å². The molecule has 0 rings (SSSR count). The Bertz CT molecular complexity index is 146. The highest BCUT2D eigenvalue weighted by Crippen LogP contribution is 2.05. The molecule has 0 fully saturated rings. The number of rotatable bonds is 2. The molecule has 4 N–H and O–H groups in total. The number of hydrogen-bond acceptors (Lipinski definition) is 2. The highest BCUT2D eigenvalue weighted by molar-refractivity contribution is 5.85. The minimum Gasteiger partial charge on any atom is -0.545 e. The van der Waals surface area contributed by atoms with Crippen molar-refractivity contribution < 1.29 is 9.90 Å². The van der Waals surface area contributed by atoms with Crippen LogP contribution in [0.25, 0.3) is 0 Å². The molecule has 0 aliphatic carbocycles. The minimum absolute atomic E-state index is 0. The van der Waals surface area contributed by atoms with Crippen LogP contribution in [0.5, 0.6) is 0 Å². The topological polar surface area (TPSA) is 76.6 Å². The van der Waals surface area contributed by atoms with Crippen LogP contribution >= 0.6 is 0 Å². The van der Waals surface area contributed by atoms with Crippen molar-refractivity contribution in [3.63, 3.8) is 0 Å². The third-order valence-electron chi connectivity index (χ3n) is 1.20. The van der Waals surface area contributed by atoms with Gasteiger partial charge in [-0.2, -0.15) is 0 Å². The zero-order valence-electron chi connectivity index (χ0n) is 7.02. The van der Waals surface area contributed by atoms with Crippen molar-refractivity contribution in [1.29, 1.82) is 0 Å². The highest BCUT2D eigenvalue weighted by atomic mass is 16.4. The molecular weight excluding hydrogens is 130 g/mol. The Morgan fingerprint density at radius 3 is 1.80 bits per heavy atom. The lowest BCUT2D eigenvalue weighted by atomic mass is 10.1. The molecule has 0 heterocycles. The lowest BCUT2D eigenvalue weighted by molar-refractivity contribution is -0.299. The first-order valence-corrected chi connectivity index (χ1v) is 2.97. The SMILES string of the molecule is CCC(C(=O)[O-])=C(C)C.[NH4+]. The van der Waals surface area contributed by atoms with Gasteiger partial charge in [-0.05, 0) is 25.8 Å². The third kappa shape index (κ3) is 3.25. The summed E-state index contributed by atoms with van der Waals surface area (Å²) < 4.78 is 0. The fraction of sp³-hybridized carbons (Fsp3) is 0.571. The fourth-order valence-corrected chi connectivity index (χ4v) is 0.702. The quantitative estimate of drug-likeness (QED) is 0.585. The van der Waals surface area contributed by atoms with E-state index < -0.39 is 5.97 Å². The van der Waals surface area contributed by atoms with Crippen molar-refractivity contribution in [3.05, 3.63) is 11.1 Å². The van der Waals surface area contributed by atoms with Crippen LogP contribution in [-0.2, 0) is 4.79 Å². The highest BCUT2D eigenvalue weighted by Gasteiger charge is 1.94. The first kappa shape index (κ1) is 11.9. The summed E-state index contributed by atoms with van der Waals surface area (Å²) in [5, 5.41) is 10.2. The van der Waals surface area contributed by atoms with E-state index in [1.165, 1.54) is 0 Å². The molecule has 0 aromatic carbocycles. The molecule has 0 saturated heterocycles. The van der Waals surface area contributed by atoms with E-state index in [0.717, 1.165) is 5.57 Å². The van der Waals surface area contributed by atoms with Gasteiger partial charge in [-0.15, -0.1) is 0 Å². The van der Waals surface area contributed by atoms with Crippen LogP contribution in [0.2, 0.25) is 0 Å². The molecule has 0 spiro atoms. The van der Waals surface area contributed by atoms with Crippen LogP contribution < -0.4 is 11.3 Å². The fourth-order valence-electron chi connectivity index (χ4n) is 0.702. The second-order valence-corrected chi connectivity index (χ2v) is 2.12. The summed E-state index contributed by atoms with van der Waals surface area (Å²) in [7, 11) is 0. The van der Waals surface area contributed by atoms with Gasteiger partial charge in [-0.1, -0.05) is 12.5 Å². The molecule has 0 bridgehead atoms. The van der Waals surface area contributed by atoms with Gasteiger partial charge in [0.15, 0.2) is 0 Å². The van der Waals surface area contributed by atoms with Gasteiger partial charge in [0.25, 0.3) is 0 Å². The summed E-state index contributed by atoms with van der Waals surface area (Å²) >= 11 is 0. The Morgan fingerprint density at radius 2 is 1.80 bits per heavy atom. The van der Waals surface area contributed by atoms with Gasteiger partial charge in [0, 0.05) is 0 Å². The van der Waals surface area contributed by atoms with Crippen molar-refractivity contribution in [1.82, 2.24) is 6.15 Å². The molecule has 10 heavy (non-hydrogen) atoms. The maximum Gasteiger partial charge on any atom is 0.0674 e. The van der Waals surface area contributed by atoms with Crippen molar-refractivity contribution in [2.45, 2.75) is 27.2 Å². The molecular formula is C7H15NO2. The van der Waals surface area contributed by atoms with Crippen LogP contribution in [0.3, 0.4) is 0 Å². The van der Waals surface area contributed by atoms with E-state index in [9.17, 15) is 9.90 Å². The molecule has 0 aliphatic rings. The molecule has 0 radical (unpaired) electrons. The summed E-state index contributed by atoms with van der Waals surface area (Å²) in [6.07, 6.45) is 0.546. The van der Waals surface area contributed by atoms with Gasteiger partial charge < -0.3 is 16.1 Å². The average Bonchev–Trinajstić information content (AvgIpc) is 1.64. The van der Waals surface area contributed by atoms with Crippen LogP contribution in [0.15, 0.2) is 11.1 Å². The second-order valence-electron chi connectivity index (χ2n) is 2.12. The number of aliphatic carboxylic acids is 1. The van der Waals surface area contributed by atoms with Crippen molar-refractivity contribution >= 4 is 5.97 Å². The monoisotopic (exact) mass is 145 g/mol. The van der Waals surface area contributed by atoms with Crippen molar-refractivity contribution in [3.8, 4) is 0 Å². The van der Waals surface area contributed by atoms with Gasteiger partial charge >= 0.3 is 0 Å². The molecule has 0 unspecified atom stereocenters. The maximum atomic E-state index is 10.2. The molecule has 60 valence electrons. The van der Waals surface area contributed by atoms with Crippen LogP contribution in [0, 0.1) is 0 Å². The average molecular weight is 145 g/mol. The summed E-state index contributed by atoms with van der Waals surface area (Å²) in [6.45, 7) is 5.35. The Hall–Kier alpha value is -0.830. The standard InChI is InChI=1S/C7H12O2.H3N/c1-4-6(5(2)3)7(8)9;/h4H2,1-3H3,(H,8,9);1H3. The van der Waals surface area contributed by atoms with Gasteiger partial charge in [0.2, 0.25) is 0 Å². The lowest BCUT2D eigenvalue weighted by Crippen LogP contribution is -2.24. The first-order chi connectivity index (χ1) is 4.09. The molecule has 3 heteroatoms. The minimum atomic E-state index is -1.04. The molecule has 0 aliphatic heterocycles. The predicted molar refractivity (Wildman–Crippen MR) is 39.7 cm³/mol. The Morgan fingerprint density at radius 1 is 1.40 bits per heavy atom. The normalized spacial score (nSPS) is 7.90. The van der Waals surface area contributed by atoms with Crippen molar-refractivity contribution in [2.24, 2.45) is 0 Å². The predicted octanol–water partition coefficient (Wildman–Crippen LogP) is 0.859. The molecule has 0 atom stereocenters. The van der Waals surface area contributed by atoms with Gasteiger partial charge in [-0.3, -0.25) is 0 Å². The number of allylic oxidation sites excluding steroid dienone is 1. The van der Waals surface area contributed by atoms with E-state index in [-0.39, 0.29) is 6.15 Å². The van der Waals surface area contributed by atoms with E-state index in [2.05, 4.69) is 0 Å². The lowest BCUT2D eigenvalue weighted by Gasteiger charge is -2.06. The number of carboxylic acids is 1. The van der Waals surface area contributed by atoms with E-state index in [0.29, 0.717) is 12.0 Å². The zero-order chi connectivity index (χ0) is 7.44. The number of quaternary nitrogens is 1. The zero-order valence-corrected chi connectivity index (χ0v) is 7.02. The molecule has 0 aromatic heterocycles. The molecule has 0 aromatic rings. The van der Waals surface area contributed by atoms with E-state index in [4.69, 9.17) is 0 Å². The largest absolute Gasteiger partial charge is 0.545 e. The summed E-state index contributed by atoms with van der Waals surface area (Å²) in [5.41, 5.74) is 1.24.